The van der Waals surface area contributed by atoms with E-state index in [-0.39, 0.29) is 17.7 Å². The van der Waals surface area contributed by atoms with Gasteiger partial charge in [-0.3, -0.25) is 19.4 Å². The lowest BCUT2D eigenvalue weighted by Crippen LogP contribution is -2.29. The van der Waals surface area contributed by atoms with Crippen LogP contribution in [0.5, 0.6) is 0 Å². The zero-order valence-electron chi connectivity index (χ0n) is 10.1. The second kappa shape index (κ2) is 4.93. The quantitative estimate of drug-likeness (QED) is 0.914. The molecule has 1 N–H and O–H groups in total. The van der Waals surface area contributed by atoms with Crippen LogP contribution in [0.25, 0.3) is 0 Å². The summed E-state index contributed by atoms with van der Waals surface area (Å²) in [5.74, 6) is 0. The van der Waals surface area contributed by atoms with Crippen LogP contribution in [0.4, 0.5) is 0 Å². The van der Waals surface area contributed by atoms with Gasteiger partial charge in [0.05, 0.1) is 22.4 Å². The highest BCUT2D eigenvalue weighted by molar-refractivity contribution is 9.10. The van der Waals surface area contributed by atoms with Crippen LogP contribution in [0, 0.1) is 6.92 Å². The molecule has 2 aromatic heterocycles. The molecular formula is C11H13BrN4O2. The molecule has 2 aromatic rings. The smallest absolute Gasteiger partial charge is 0.265 e. The van der Waals surface area contributed by atoms with E-state index in [1.807, 2.05) is 13.8 Å². The van der Waals surface area contributed by atoms with Gasteiger partial charge in [0.2, 0.25) is 0 Å². The lowest BCUT2D eigenvalue weighted by Gasteiger charge is -2.07. The van der Waals surface area contributed by atoms with E-state index in [1.165, 1.54) is 16.8 Å². The van der Waals surface area contributed by atoms with Crippen molar-refractivity contribution in [1.29, 1.82) is 0 Å². The maximum absolute atomic E-state index is 11.6. The van der Waals surface area contributed by atoms with Crippen LogP contribution >= 0.6 is 15.9 Å². The molecule has 0 amide bonds. The molecule has 0 aliphatic rings. The van der Waals surface area contributed by atoms with Gasteiger partial charge in [-0.1, -0.05) is 0 Å². The van der Waals surface area contributed by atoms with Crippen molar-refractivity contribution in [3.63, 3.8) is 0 Å². The van der Waals surface area contributed by atoms with Crippen LogP contribution in [-0.4, -0.2) is 19.6 Å². The van der Waals surface area contributed by atoms with Crippen LogP contribution in [0.15, 0.2) is 26.2 Å². The molecule has 0 saturated carbocycles. The summed E-state index contributed by atoms with van der Waals surface area (Å²) in [6, 6.07) is 2.47. The number of aromatic nitrogens is 4. The molecule has 0 fully saturated rings. The Kier molecular flexibility index (Phi) is 3.51. The van der Waals surface area contributed by atoms with Crippen molar-refractivity contribution in [2.24, 2.45) is 0 Å². The Hall–Kier alpha value is -1.63. The van der Waals surface area contributed by atoms with E-state index in [4.69, 9.17) is 0 Å². The number of nitrogens with zero attached hydrogens (tertiary/aromatic N) is 3. The summed E-state index contributed by atoms with van der Waals surface area (Å²) < 4.78 is 3.94. The number of aryl methyl sites for hydroxylation is 2. The van der Waals surface area contributed by atoms with Crippen LogP contribution in [0.3, 0.4) is 0 Å². The number of aromatic amines is 1. The molecule has 0 aliphatic carbocycles. The standard InChI is InChI=1S/C11H13BrN4O2/c1-3-15-8(11(12)7(2)13-15)6-16-10(18)5-4-9(17)14-16/h4-5H,3,6H2,1-2H3,(H,14,17). The SMILES string of the molecule is CCn1nc(C)c(Br)c1Cn1[nH]c(=O)ccc1=O. The van der Waals surface area contributed by atoms with Crippen molar-refractivity contribution in [2.75, 3.05) is 0 Å². The van der Waals surface area contributed by atoms with Crippen LogP contribution < -0.4 is 11.1 Å². The molecule has 18 heavy (non-hydrogen) atoms. The third-order valence-electron chi connectivity index (χ3n) is 2.65. The summed E-state index contributed by atoms with van der Waals surface area (Å²) in [5.41, 5.74) is 1.17. The zero-order valence-corrected chi connectivity index (χ0v) is 11.7. The number of hydrogen-bond donors (Lipinski definition) is 1. The maximum Gasteiger partial charge on any atom is 0.265 e. The molecule has 0 saturated heterocycles. The lowest BCUT2D eigenvalue weighted by atomic mass is 10.3. The van der Waals surface area contributed by atoms with Gasteiger partial charge in [-0.25, -0.2) is 4.68 Å². The first-order chi connectivity index (χ1) is 8.52. The van der Waals surface area contributed by atoms with Crippen molar-refractivity contribution in [3.8, 4) is 0 Å². The fourth-order valence-electron chi connectivity index (χ4n) is 1.75. The Balaban J connectivity index is 2.49. The minimum atomic E-state index is -0.301. The number of hydrogen-bond acceptors (Lipinski definition) is 3. The normalized spacial score (nSPS) is 10.8. The number of nitrogens with one attached hydrogen (secondary N) is 1. The number of halogens is 1. The van der Waals surface area contributed by atoms with Gasteiger partial charge in [0.25, 0.3) is 11.1 Å². The minimum absolute atomic E-state index is 0.247. The third kappa shape index (κ3) is 2.31. The van der Waals surface area contributed by atoms with E-state index in [9.17, 15) is 9.59 Å². The van der Waals surface area contributed by atoms with Crippen LogP contribution in [0.1, 0.15) is 18.3 Å². The van der Waals surface area contributed by atoms with Crippen molar-refractivity contribution in [1.82, 2.24) is 19.6 Å². The van der Waals surface area contributed by atoms with E-state index in [1.54, 1.807) is 4.68 Å². The van der Waals surface area contributed by atoms with Crippen molar-refractivity contribution in [2.45, 2.75) is 26.9 Å². The van der Waals surface area contributed by atoms with Gasteiger partial charge >= 0.3 is 0 Å². The molecule has 0 aromatic carbocycles. The molecule has 0 unspecified atom stereocenters. The molecule has 6 nitrogen and oxygen atoms in total. The van der Waals surface area contributed by atoms with E-state index in [0.29, 0.717) is 6.54 Å². The zero-order chi connectivity index (χ0) is 13.3. The maximum atomic E-state index is 11.6. The van der Waals surface area contributed by atoms with E-state index >= 15 is 0 Å². The molecule has 96 valence electrons. The second-order valence-corrected chi connectivity index (χ2v) is 4.69. The molecule has 0 bridgehead atoms. The summed E-state index contributed by atoms with van der Waals surface area (Å²) in [6.45, 7) is 4.84. The van der Waals surface area contributed by atoms with Gasteiger partial charge in [-0.15, -0.1) is 0 Å². The Morgan fingerprint density at radius 1 is 1.39 bits per heavy atom. The van der Waals surface area contributed by atoms with Gasteiger partial charge in [0.15, 0.2) is 0 Å². The van der Waals surface area contributed by atoms with E-state index in [2.05, 4.69) is 26.1 Å². The molecule has 2 rings (SSSR count). The molecule has 0 atom stereocenters. The topological polar surface area (TPSA) is 72.7 Å². The summed E-state index contributed by atoms with van der Waals surface area (Å²) >= 11 is 3.45. The lowest BCUT2D eigenvalue weighted by molar-refractivity contribution is 0.553. The average Bonchev–Trinajstić information content (AvgIpc) is 2.61. The highest BCUT2D eigenvalue weighted by atomic mass is 79.9. The molecule has 2 heterocycles. The van der Waals surface area contributed by atoms with Gasteiger partial charge in [-0.2, -0.15) is 5.10 Å². The average molecular weight is 313 g/mol. The predicted octanol–water partition coefficient (Wildman–Crippen LogP) is 0.872. The fourth-order valence-corrected chi connectivity index (χ4v) is 2.16. The predicted molar refractivity (Wildman–Crippen MR) is 70.8 cm³/mol. The third-order valence-corrected chi connectivity index (χ3v) is 3.68. The molecule has 0 spiro atoms. The van der Waals surface area contributed by atoms with Gasteiger partial charge in [0.1, 0.15) is 0 Å². The monoisotopic (exact) mass is 312 g/mol. The molecule has 0 radical (unpaired) electrons. The highest BCUT2D eigenvalue weighted by Gasteiger charge is 2.13. The second-order valence-electron chi connectivity index (χ2n) is 3.90. The summed E-state index contributed by atoms with van der Waals surface area (Å²) in [6.07, 6.45) is 0. The molecular weight excluding hydrogens is 300 g/mol. The minimum Gasteiger partial charge on any atom is -0.268 e. The summed E-state index contributed by atoms with van der Waals surface area (Å²) in [4.78, 5) is 22.9. The van der Waals surface area contributed by atoms with Crippen molar-refractivity contribution >= 4 is 15.9 Å². The Labute approximate surface area is 111 Å². The largest absolute Gasteiger partial charge is 0.268 e. The first-order valence-electron chi connectivity index (χ1n) is 5.55. The number of H-pyrrole nitrogens is 1. The fraction of sp³-hybridized carbons (Fsp3) is 0.364. The first-order valence-corrected chi connectivity index (χ1v) is 6.34. The van der Waals surface area contributed by atoms with Crippen LogP contribution in [0.2, 0.25) is 0 Å². The van der Waals surface area contributed by atoms with E-state index < -0.39 is 0 Å². The van der Waals surface area contributed by atoms with E-state index in [0.717, 1.165) is 15.9 Å². The van der Waals surface area contributed by atoms with Gasteiger partial charge in [-0.05, 0) is 29.8 Å². The highest BCUT2D eigenvalue weighted by Crippen LogP contribution is 2.21. The van der Waals surface area contributed by atoms with Gasteiger partial charge in [0, 0.05) is 18.7 Å². The summed E-state index contributed by atoms with van der Waals surface area (Å²) in [7, 11) is 0. The van der Waals surface area contributed by atoms with Crippen molar-refractivity contribution < 1.29 is 0 Å². The summed E-state index contributed by atoms with van der Waals surface area (Å²) in [5, 5.41) is 6.84. The van der Waals surface area contributed by atoms with Gasteiger partial charge < -0.3 is 0 Å². The molecule has 0 aliphatic heterocycles. The van der Waals surface area contributed by atoms with Crippen LogP contribution in [-0.2, 0) is 13.1 Å². The Morgan fingerprint density at radius 3 is 2.78 bits per heavy atom. The Morgan fingerprint density at radius 2 is 2.11 bits per heavy atom. The molecule has 7 heteroatoms. The van der Waals surface area contributed by atoms with Crippen molar-refractivity contribution in [3.05, 3.63) is 48.7 Å². The number of rotatable bonds is 3. The first kappa shape index (κ1) is 12.8. The Bertz CT molecular complexity index is 683.